The van der Waals surface area contributed by atoms with Crippen LogP contribution in [0.1, 0.15) is 26.2 Å². The van der Waals surface area contributed by atoms with E-state index in [4.69, 9.17) is 10.8 Å². The van der Waals surface area contributed by atoms with E-state index in [2.05, 4.69) is 6.92 Å². The lowest BCUT2D eigenvalue weighted by molar-refractivity contribution is -0.137. The first-order valence-electron chi connectivity index (χ1n) is 4.62. The molecule has 3 N–H and O–H groups in total. The molecule has 0 saturated heterocycles. The molecule has 0 aromatic heterocycles. The van der Waals surface area contributed by atoms with Gasteiger partial charge in [-0.1, -0.05) is 13.3 Å². The minimum Gasteiger partial charge on any atom is -0.481 e. The van der Waals surface area contributed by atoms with E-state index in [9.17, 15) is 4.79 Å². The zero-order chi connectivity index (χ0) is 10.4. The van der Waals surface area contributed by atoms with Gasteiger partial charge in [-0.25, -0.2) is 0 Å². The molecule has 2 atom stereocenters. The molecule has 0 spiro atoms. The minimum absolute atomic E-state index is 0.0445. The van der Waals surface area contributed by atoms with E-state index >= 15 is 0 Å². The molecule has 0 aliphatic rings. The summed E-state index contributed by atoms with van der Waals surface area (Å²) >= 11 is 0. The third kappa shape index (κ3) is 4.85. The van der Waals surface area contributed by atoms with Crippen LogP contribution in [0.3, 0.4) is 0 Å². The van der Waals surface area contributed by atoms with Crippen LogP contribution in [-0.4, -0.2) is 42.2 Å². The molecular weight excluding hydrogens is 168 g/mol. The second-order valence-electron chi connectivity index (χ2n) is 3.58. The summed E-state index contributed by atoms with van der Waals surface area (Å²) in [5.41, 5.74) is 5.78. The number of carboxylic acid groups (broad SMARTS) is 1. The molecule has 0 bridgehead atoms. The van der Waals surface area contributed by atoms with Crippen LogP contribution in [-0.2, 0) is 4.79 Å². The zero-order valence-electron chi connectivity index (χ0n) is 8.66. The van der Waals surface area contributed by atoms with Crippen molar-refractivity contribution in [3.05, 3.63) is 0 Å². The van der Waals surface area contributed by atoms with E-state index < -0.39 is 5.97 Å². The van der Waals surface area contributed by atoms with Gasteiger partial charge in [-0.3, -0.25) is 4.79 Å². The first-order chi connectivity index (χ1) is 5.99. The topological polar surface area (TPSA) is 66.6 Å². The van der Waals surface area contributed by atoms with Crippen molar-refractivity contribution in [3.8, 4) is 0 Å². The lowest BCUT2D eigenvalue weighted by Gasteiger charge is -2.28. The number of rotatable bonds is 6. The molecule has 0 radical (unpaired) electrons. The zero-order valence-corrected chi connectivity index (χ0v) is 8.66. The van der Waals surface area contributed by atoms with Gasteiger partial charge in [0.05, 0.1) is 6.42 Å². The number of nitrogens with zero attached hydrogens (tertiary/aromatic N) is 1. The standard InChI is InChI=1S/C9H20N2O2/c1-4-5-8(11(2)3)7(10)6-9(12)13/h7-8H,4-6,10H2,1-3H3,(H,12,13). The fraction of sp³-hybridized carbons (Fsp3) is 0.889. The number of hydrogen-bond acceptors (Lipinski definition) is 3. The van der Waals surface area contributed by atoms with E-state index in [0.29, 0.717) is 0 Å². The Hall–Kier alpha value is -0.610. The van der Waals surface area contributed by atoms with Gasteiger partial charge in [0.25, 0.3) is 0 Å². The average Bonchev–Trinajstić information content (AvgIpc) is 1.97. The lowest BCUT2D eigenvalue weighted by Crippen LogP contribution is -2.45. The highest BCUT2D eigenvalue weighted by Crippen LogP contribution is 2.09. The number of hydrogen-bond donors (Lipinski definition) is 2. The third-order valence-electron chi connectivity index (χ3n) is 2.15. The number of carboxylic acids is 1. The molecule has 2 unspecified atom stereocenters. The molecule has 0 rings (SSSR count). The molecule has 0 aromatic carbocycles. The molecule has 0 saturated carbocycles. The number of nitrogens with two attached hydrogens (primary N) is 1. The second-order valence-corrected chi connectivity index (χ2v) is 3.58. The Morgan fingerprint density at radius 2 is 2.08 bits per heavy atom. The van der Waals surface area contributed by atoms with Gasteiger partial charge in [0, 0.05) is 12.1 Å². The normalized spacial score (nSPS) is 15.8. The summed E-state index contributed by atoms with van der Waals surface area (Å²) in [5.74, 6) is -0.824. The molecule has 0 aliphatic carbocycles. The van der Waals surface area contributed by atoms with Gasteiger partial charge in [-0.05, 0) is 20.5 Å². The molecule has 4 heteroatoms. The third-order valence-corrected chi connectivity index (χ3v) is 2.15. The van der Waals surface area contributed by atoms with Crippen molar-refractivity contribution in [1.82, 2.24) is 4.90 Å². The van der Waals surface area contributed by atoms with E-state index in [1.165, 1.54) is 0 Å². The van der Waals surface area contributed by atoms with Crippen LogP contribution < -0.4 is 5.73 Å². The molecular formula is C9H20N2O2. The van der Waals surface area contributed by atoms with E-state index in [1.54, 1.807) is 0 Å². The van der Waals surface area contributed by atoms with Crippen molar-refractivity contribution in [2.75, 3.05) is 14.1 Å². The van der Waals surface area contributed by atoms with Crippen LogP contribution in [0, 0.1) is 0 Å². The van der Waals surface area contributed by atoms with Crippen molar-refractivity contribution >= 4 is 5.97 Å². The SMILES string of the molecule is CCCC(C(N)CC(=O)O)N(C)C. The first-order valence-corrected chi connectivity index (χ1v) is 4.62. The molecule has 0 aromatic rings. The summed E-state index contributed by atoms with van der Waals surface area (Å²) in [6, 6.07) is -0.103. The second kappa shape index (κ2) is 5.94. The summed E-state index contributed by atoms with van der Waals surface area (Å²) in [5, 5.41) is 8.58. The molecule has 0 amide bonds. The van der Waals surface area contributed by atoms with Crippen molar-refractivity contribution in [1.29, 1.82) is 0 Å². The fourth-order valence-corrected chi connectivity index (χ4v) is 1.49. The molecule has 0 aliphatic heterocycles. The minimum atomic E-state index is -0.824. The number of aliphatic carboxylic acids is 1. The monoisotopic (exact) mass is 188 g/mol. The quantitative estimate of drug-likeness (QED) is 0.637. The van der Waals surface area contributed by atoms with Gasteiger partial charge in [-0.15, -0.1) is 0 Å². The Morgan fingerprint density at radius 3 is 2.38 bits per heavy atom. The maximum Gasteiger partial charge on any atom is 0.304 e. The van der Waals surface area contributed by atoms with Gasteiger partial charge < -0.3 is 15.7 Å². The van der Waals surface area contributed by atoms with Crippen LogP contribution in [0.25, 0.3) is 0 Å². The van der Waals surface area contributed by atoms with Gasteiger partial charge >= 0.3 is 5.97 Å². The molecule has 13 heavy (non-hydrogen) atoms. The highest BCUT2D eigenvalue weighted by molar-refractivity contribution is 5.67. The Balaban J connectivity index is 4.10. The Kier molecular flexibility index (Phi) is 5.66. The maximum absolute atomic E-state index is 10.4. The van der Waals surface area contributed by atoms with Crippen LogP contribution in [0.5, 0.6) is 0 Å². The van der Waals surface area contributed by atoms with E-state index in [1.807, 2.05) is 19.0 Å². The number of likely N-dealkylation sites (N-methyl/N-ethyl adjacent to an activating group) is 1. The molecule has 4 nitrogen and oxygen atoms in total. The first kappa shape index (κ1) is 12.4. The average molecular weight is 188 g/mol. The summed E-state index contributed by atoms with van der Waals surface area (Å²) in [6.45, 7) is 2.07. The highest BCUT2D eigenvalue weighted by atomic mass is 16.4. The van der Waals surface area contributed by atoms with Crippen molar-refractivity contribution < 1.29 is 9.90 Å². The van der Waals surface area contributed by atoms with Crippen molar-refractivity contribution in [3.63, 3.8) is 0 Å². The van der Waals surface area contributed by atoms with Gasteiger partial charge in [0.15, 0.2) is 0 Å². The predicted octanol–water partition coefficient (Wildman–Crippen LogP) is 0.519. The Labute approximate surface area is 79.7 Å². The highest BCUT2D eigenvalue weighted by Gasteiger charge is 2.21. The van der Waals surface area contributed by atoms with Gasteiger partial charge in [0.1, 0.15) is 0 Å². The molecule has 78 valence electrons. The summed E-state index contributed by atoms with van der Waals surface area (Å²) in [6.07, 6.45) is 2.01. The maximum atomic E-state index is 10.4. The summed E-state index contributed by atoms with van der Waals surface area (Å²) in [7, 11) is 3.87. The largest absolute Gasteiger partial charge is 0.481 e. The van der Waals surface area contributed by atoms with Crippen LogP contribution in [0.2, 0.25) is 0 Å². The smallest absolute Gasteiger partial charge is 0.304 e. The molecule has 0 heterocycles. The Morgan fingerprint density at radius 1 is 1.54 bits per heavy atom. The van der Waals surface area contributed by atoms with Gasteiger partial charge in [0.2, 0.25) is 0 Å². The van der Waals surface area contributed by atoms with E-state index in [0.717, 1.165) is 12.8 Å². The van der Waals surface area contributed by atoms with E-state index in [-0.39, 0.29) is 18.5 Å². The van der Waals surface area contributed by atoms with Crippen LogP contribution in [0.4, 0.5) is 0 Å². The molecule has 0 fully saturated rings. The fourth-order valence-electron chi connectivity index (χ4n) is 1.49. The number of carbonyl (C=O) groups is 1. The van der Waals surface area contributed by atoms with Crippen LogP contribution >= 0.6 is 0 Å². The van der Waals surface area contributed by atoms with Crippen molar-refractivity contribution in [2.45, 2.75) is 38.3 Å². The summed E-state index contributed by atoms with van der Waals surface area (Å²) < 4.78 is 0. The Bertz CT molecular complexity index is 160. The van der Waals surface area contributed by atoms with Gasteiger partial charge in [-0.2, -0.15) is 0 Å². The summed E-state index contributed by atoms with van der Waals surface area (Å²) in [4.78, 5) is 12.4. The predicted molar refractivity (Wildman–Crippen MR) is 52.6 cm³/mol. The van der Waals surface area contributed by atoms with Crippen LogP contribution in [0.15, 0.2) is 0 Å². The lowest BCUT2D eigenvalue weighted by atomic mass is 10.0. The van der Waals surface area contributed by atoms with Crippen molar-refractivity contribution in [2.24, 2.45) is 5.73 Å².